The van der Waals surface area contributed by atoms with Crippen molar-refractivity contribution in [1.82, 2.24) is 0 Å². The van der Waals surface area contributed by atoms with Crippen LogP contribution in [-0.4, -0.2) is 5.97 Å². The average Bonchev–Trinajstić information content (AvgIpc) is 2.62. The number of carbonyl (C=O) groups is 1. The van der Waals surface area contributed by atoms with E-state index >= 15 is 0 Å². The first-order valence-corrected chi connectivity index (χ1v) is 9.51. The van der Waals surface area contributed by atoms with Gasteiger partial charge in [-0.05, 0) is 55.9 Å². The van der Waals surface area contributed by atoms with Gasteiger partial charge in [0.15, 0.2) is 0 Å². The zero-order chi connectivity index (χ0) is 17.2. The van der Waals surface area contributed by atoms with E-state index in [-0.39, 0.29) is 11.9 Å². The van der Waals surface area contributed by atoms with Gasteiger partial charge in [0.1, 0.15) is 5.75 Å². The number of rotatable bonds is 8. The van der Waals surface area contributed by atoms with Crippen molar-refractivity contribution in [3.8, 4) is 18.1 Å². The first-order chi connectivity index (χ1) is 11.7. The second kappa shape index (κ2) is 10.2. The Hall–Kier alpha value is -1.75. The minimum absolute atomic E-state index is 0.0636. The van der Waals surface area contributed by atoms with Crippen LogP contribution in [0.5, 0.6) is 5.75 Å². The molecule has 0 unspecified atom stereocenters. The molecule has 2 nitrogen and oxygen atoms in total. The Labute approximate surface area is 147 Å². The van der Waals surface area contributed by atoms with Crippen LogP contribution in [0.1, 0.15) is 76.7 Å². The Morgan fingerprint density at radius 1 is 1.08 bits per heavy atom. The van der Waals surface area contributed by atoms with Gasteiger partial charge in [-0.25, -0.2) is 0 Å². The number of carbonyl (C=O) groups excluding carboxylic acids is 1. The topological polar surface area (TPSA) is 26.3 Å². The molecular weight excluding hydrogens is 296 g/mol. The molecule has 0 aromatic heterocycles. The SMILES string of the molecule is C#Cc1ccc(OC(=O)C2CCC(CCCCCCC)CC2)cc1. The number of hydrogen-bond donors (Lipinski definition) is 0. The highest BCUT2D eigenvalue weighted by Gasteiger charge is 2.27. The van der Waals surface area contributed by atoms with Crippen molar-refractivity contribution >= 4 is 5.97 Å². The van der Waals surface area contributed by atoms with Crippen LogP contribution in [0.2, 0.25) is 0 Å². The van der Waals surface area contributed by atoms with E-state index in [1.165, 1.54) is 51.4 Å². The predicted molar refractivity (Wildman–Crippen MR) is 98.8 cm³/mol. The second-order valence-corrected chi connectivity index (χ2v) is 7.01. The molecule has 1 aliphatic rings. The molecule has 0 heterocycles. The van der Waals surface area contributed by atoms with Crippen molar-refractivity contribution in [2.75, 3.05) is 0 Å². The van der Waals surface area contributed by atoms with Crippen LogP contribution in [0.25, 0.3) is 0 Å². The predicted octanol–water partition coefficient (Wildman–Crippen LogP) is 5.74. The van der Waals surface area contributed by atoms with Gasteiger partial charge in [0.2, 0.25) is 0 Å². The summed E-state index contributed by atoms with van der Waals surface area (Å²) >= 11 is 0. The molecule has 2 heteroatoms. The number of unbranched alkanes of at least 4 members (excludes halogenated alkanes) is 4. The monoisotopic (exact) mass is 326 g/mol. The summed E-state index contributed by atoms with van der Waals surface area (Å²) in [5.41, 5.74) is 0.800. The van der Waals surface area contributed by atoms with Crippen molar-refractivity contribution in [2.45, 2.75) is 71.1 Å². The number of esters is 1. The van der Waals surface area contributed by atoms with Gasteiger partial charge >= 0.3 is 5.97 Å². The molecule has 0 spiro atoms. The highest BCUT2D eigenvalue weighted by atomic mass is 16.5. The third kappa shape index (κ3) is 6.04. The Morgan fingerprint density at radius 2 is 1.75 bits per heavy atom. The van der Waals surface area contributed by atoms with Crippen molar-refractivity contribution in [2.24, 2.45) is 11.8 Å². The van der Waals surface area contributed by atoms with E-state index in [4.69, 9.17) is 11.2 Å². The molecule has 1 aromatic carbocycles. The summed E-state index contributed by atoms with van der Waals surface area (Å²) in [6.07, 6.45) is 17.7. The van der Waals surface area contributed by atoms with E-state index in [1.807, 2.05) is 0 Å². The molecular formula is C22H30O2. The Bertz CT molecular complexity index is 530. The van der Waals surface area contributed by atoms with Crippen LogP contribution in [0.4, 0.5) is 0 Å². The Morgan fingerprint density at radius 3 is 2.38 bits per heavy atom. The fraction of sp³-hybridized carbons (Fsp3) is 0.591. The lowest BCUT2D eigenvalue weighted by molar-refractivity contribution is -0.140. The molecule has 0 bridgehead atoms. The summed E-state index contributed by atoms with van der Waals surface area (Å²) in [7, 11) is 0. The van der Waals surface area contributed by atoms with E-state index in [1.54, 1.807) is 24.3 Å². The molecule has 0 radical (unpaired) electrons. The summed E-state index contributed by atoms with van der Waals surface area (Å²) in [4.78, 5) is 12.3. The maximum absolute atomic E-state index is 12.3. The summed E-state index contributed by atoms with van der Waals surface area (Å²) in [6, 6.07) is 7.15. The maximum Gasteiger partial charge on any atom is 0.314 e. The summed E-state index contributed by atoms with van der Waals surface area (Å²) in [6.45, 7) is 2.25. The van der Waals surface area contributed by atoms with Gasteiger partial charge in [0.25, 0.3) is 0 Å². The lowest BCUT2D eigenvalue weighted by Crippen LogP contribution is -2.25. The number of hydrogen-bond acceptors (Lipinski definition) is 2. The Balaban J connectivity index is 1.67. The van der Waals surface area contributed by atoms with Gasteiger partial charge in [-0.15, -0.1) is 6.42 Å². The van der Waals surface area contributed by atoms with E-state index in [2.05, 4.69) is 12.8 Å². The largest absolute Gasteiger partial charge is 0.426 e. The van der Waals surface area contributed by atoms with E-state index in [9.17, 15) is 4.79 Å². The molecule has 1 fully saturated rings. The normalized spacial score (nSPS) is 20.3. The zero-order valence-corrected chi connectivity index (χ0v) is 14.9. The lowest BCUT2D eigenvalue weighted by Gasteiger charge is -2.27. The van der Waals surface area contributed by atoms with Crippen LogP contribution in [-0.2, 0) is 4.79 Å². The molecule has 2 rings (SSSR count). The van der Waals surface area contributed by atoms with Crippen LogP contribution in [0.15, 0.2) is 24.3 Å². The van der Waals surface area contributed by atoms with E-state index < -0.39 is 0 Å². The van der Waals surface area contributed by atoms with Crippen molar-refractivity contribution in [1.29, 1.82) is 0 Å². The fourth-order valence-corrected chi connectivity index (χ4v) is 3.54. The second-order valence-electron chi connectivity index (χ2n) is 7.01. The van der Waals surface area contributed by atoms with E-state index in [0.717, 1.165) is 24.3 Å². The maximum atomic E-state index is 12.3. The van der Waals surface area contributed by atoms with Crippen molar-refractivity contribution in [3.63, 3.8) is 0 Å². The fourth-order valence-electron chi connectivity index (χ4n) is 3.54. The highest BCUT2D eigenvalue weighted by molar-refractivity contribution is 5.75. The third-order valence-electron chi connectivity index (χ3n) is 5.14. The van der Waals surface area contributed by atoms with E-state index in [0.29, 0.717) is 5.75 Å². The smallest absolute Gasteiger partial charge is 0.314 e. The van der Waals surface area contributed by atoms with Crippen LogP contribution in [0, 0.1) is 24.2 Å². The van der Waals surface area contributed by atoms with Crippen molar-refractivity contribution < 1.29 is 9.53 Å². The van der Waals surface area contributed by atoms with Gasteiger partial charge < -0.3 is 4.74 Å². The molecule has 1 saturated carbocycles. The van der Waals surface area contributed by atoms with Gasteiger partial charge in [-0.2, -0.15) is 0 Å². The number of benzene rings is 1. The summed E-state index contributed by atoms with van der Waals surface area (Å²) in [5, 5.41) is 0. The molecule has 0 N–H and O–H groups in total. The first kappa shape index (κ1) is 18.6. The van der Waals surface area contributed by atoms with Crippen LogP contribution >= 0.6 is 0 Å². The first-order valence-electron chi connectivity index (χ1n) is 9.51. The van der Waals surface area contributed by atoms with Gasteiger partial charge in [-0.3, -0.25) is 4.79 Å². The molecule has 0 atom stereocenters. The molecule has 1 aromatic rings. The molecule has 0 aliphatic heterocycles. The standard InChI is InChI=1S/C22H30O2/c1-3-5-6-7-8-9-19-10-14-20(15-11-19)22(23)24-21-16-12-18(4-2)13-17-21/h2,12-13,16-17,19-20H,3,5-11,14-15H2,1H3. The number of terminal acetylenes is 1. The lowest BCUT2D eigenvalue weighted by atomic mass is 9.80. The average molecular weight is 326 g/mol. The molecule has 0 amide bonds. The molecule has 1 aliphatic carbocycles. The Kier molecular flexibility index (Phi) is 7.89. The summed E-state index contributed by atoms with van der Waals surface area (Å²) < 4.78 is 5.51. The minimum atomic E-state index is -0.0788. The van der Waals surface area contributed by atoms with Gasteiger partial charge in [0.05, 0.1) is 5.92 Å². The van der Waals surface area contributed by atoms with Crippen molar-refractivity contribution in [3.05, 3.63) is 29.8 Å². The molecule has 24 heavy (non-hydrogen) atoms. The minimum Gasteiger partial charge on any atom is -0.426 e. The number of ether oxygens (including phenoxy) is 1. The van der Waals surface area contributed by atoms with Crippen LogP contribution < -0.4 is 4.74 Å². The molecule has 0 saturated heterocycles. The van der Waals surface area contributed by atoms with Gasteiger partial charge in [0, 0.05) is 5.56 Å². The third-order valence-corrected chi connectivity index (χ3v) is 5.14. The van der Waals surface area contributed by atoms with Gasteiger partial charge in [-0.1, -0.05) is 51.4 Å². The molecule has 130 valence electrons. The zero-order valence-electron chi connectivity index (χ0n) is 14.9. The highest BCUT2D eigenvalue weighted by Crippen LogP contribution is 2.33. The quantitative estimate of drug-likeness (QED) is 0.263. The van der Waals surface area contributed by atoms with Crippen LogP contribution in [0.3, 0.4) is 0 Å². The summed E-state index contributed by atoms with van der Waals surface area (Å²) in [5.74, 6) is 3.95.